The molecule has 3 nitrogen and oxygen atoms in total. The van der Waals surface area contributed by atoms with Gasteiger partial charge in [0.2, 0.25) is 0 Å². The van der Waals surface area contributed by atoms with Crippen LogP contribution in [0.3, 0.4) is 0 Å². The van der Waals surface area contributed by atoms with Crippen LogP contribution >= 0.6 is 0 Å². The van der Waals surface area contributed by atoms with Crippen molar-refractivity contribution in [3.8, 4) is 33.6 Å². The molecule has 3 heterocycles. The molecule has 0 fully saturated rings. The Balaban J connectivity index is 0.000000217. The average molecular weight is 809 g/mol. The van der Waals surface area contributed by atoms with Crippen molar-refractivity contribution < 1.29 is 24.5 Å². The van der Waals surface area contributed by atoms with Crippen LogP contribution in [0.4, 0.5) is 0 Å². The van der Waals surface area contributed by atoms with Gasteiger partial charge >= 0.3 is 0 Å². The summed E-state index contributed by atoms with van der Waals surface area (Å²) >= 11 is 0. The Morgan fingerprint density at radius 3 is 2.19 bits per heavy atom. The van der Waals surface area contributed by atoms with E-state index in [2.05, 4.69) is 129 Å². The van der Waals surface area contributed by atoms with Gasteiger partial charge in [0.25, 0.3) is 0 Å². The topological polar surface area (TPSA) is 38.9 Å². The summed E-state index contributed by atoms with van der Waals surface area (Å²) in [5.74, 6) is 0. The number of hydrogen-bond acceptors (Lipinski definition) is 3. The molecule has 0 aliphatic rings. The standard InChI is InChI=1S/C28H24NO.C14H16NSi.Ir/c1-28(2,3)18-19-15-16-29-24(17-19)22-14-13-21(20-9-5-4-6-10-20)26-23-11-7-8-12-25(23)30-27(22)26;1-16(2,3)13-9-10-14(15-11-13)12-7-5-4-6-8-12;/h4-13,15-17H,18H2,1-3H3;4-7,9-11H,1-3H3;/q2*-1;. The van der Waals surface area contributed by atoms with Gasteiger partial charge in [-0.1, -0.05) is 129 Å². The van der Waals surface area contributed by atoms with Gasteiger partial charge in [0.05, 0.1) is 13.7 Å². The van der Waals surface area contributed by atoms with Crippen LogP contribution in [-0.4, -0.2) is 18.0 Å². The van der Waals surface area contributed by atoms with Crippen LogP contribution in [0.2, 0.25) is 19.6 Å². The monoisotopic (exact) mass is 809 g/mol. The van der Waals surface area contributed by atoms with Crippen LogP contribution in [0.15, 0.2) is 126 Å². The Morgan fingerprint density at radius 1 is 0.766 bits per heavy atom. The van der Waals surface area contributed by atoms with E-state index in [-0.39, 0.29) is 25.5 Å². The first-order valence-corrected chi connectivity index (χ1v) is 19.4. The van der Waals surface area contributed by atoms with E-state index in [1.54, 1.807) is 0 Å². The van der Waals surface area contributed by atoms with Gasteiger partial charge in [0, 0.05) is 37.9 Å². The summed E-state index contributed by atoms with van der Waals surface area (Å²) in [5.41, 5.74) is 9.39. The minimum atomic E-state index is -1.23. The molecule has 7 rings (SSSR count). The maximum absolute atomic E-state index is 6.37. The summed E-state index contributed by atoms with van der Waals surface area (Å²) in [7, 11) is -1.23. The normalized spacial score (nSPS) is 11.5. The minimum absolute atomic E-state index is 0. The largest absolute Gasteiger partial charge is 0.501 e. The molecule has 4 aromatic carbocycles. The molecule has 0 aliphatic carbocycles. The molecule has 3 aromatic heterocycles. The number of rotatable bonds is 5. The molecule has 0 N–H and O–H groups in total. The molecule has 0 aliphatic heterocycles. The number of nitrogens with zero attached hydrogens (tertiary/aromatic N) is 2. The molecule has 0 amide bonds. The van der Waals surface area contributed by atoms with E-state index < -0.39 is 8.07 Å². The number of hydrogen-bond donors (Lipinski definition) is 0. The average Bonchev–Trinajstić information content (AvgIpc) is 3.44. The number of aromatic nitrogens is 2. The third-order valence-corrected chi connectivity index (χ3v) is 9.99. The fourth-order valence-corrected chi connectivity index (χ4v) is 6.72. The van der Waals surface area contributed by atoms with E-state index in [0.717, 1.165) is 62.0 Å². The van der Waals surface area contributed by atoms with E-state index in [4.69, 9.17) is 4.42 Å². The summed E-state index contributed by atoms with van der Waals surface area (Å²) in [6.45, 7) is 13.8. The summed E-state index contributed by atoms with van der Waals surface area (Å²) in [6.07, 6.45) is 4.90. The zero-order valence-corrected chi connectivity index (χ0v) is 31.3. The Hall–Kier alpha value is -4.15. The van der Waals surface area contributed by atoms with E-state index in [1.807, 2.05) is 54.9 Å². The fraction of sp³-hybridized carbons (Fsp3) is 0.190. The van der Waals surface area contributed by atoms with Crippen molar-refractivity contribution >= 4 is 35.2 Å². The SMILES string of the molecule is CC(C)(C)Cc1ccnc(-c2[c-]cc(-c3ccccc3)c3c2oc2ccccc23)c1.C[Si](C)(C)c1ccc(-c2[c-]cccc2)nc1.[Ir]. The summed E-state index contributed by atoms with van der Waals surface area (Å²) in [6, 6.07) is 43.9. The van der Waals surface area contributed by atoms with Crippen LogP contribution in [0.1, 0.15) is 26.3 Å². The van der Waals surface area contributed by atoms with Crippen molar-refractivity contribution in [3.05, 3.63) is 139 Å². The maximum atomic E-state index is 6.37. The van der Waals surface area contributed by atoms with Crippen molar-refractivity contribution in [2.24, 2.45) is 5.41 Å². The van der Waals surface area contributed by atoms with Crippen LogP contribution in [0.5, 0.6) is 0 Å². The van der Waals surface area contributed by atoms with E-state index >= 15 is 0 Å². The van der Waals surface area contributed by atoms with E-state index in [0.29, 0.717) is 0 Å². The fourth-order valence-electron chi connectivity index (χ4n) is 5.69. The number of fused-ring (bicyclic) bond motifs is 3. The molecule has 0 saturated heterocycles. The number of furan rings is 1. The predicted octanol–water partition coefficient (Wildman–Crippen LogP) is 10.8. The molecule has 0 bridgehead atoms. The smallest absolute Gasteiger partial charge is 0.120 e. The van der Waals surface area contributed by atoms with E-state index in [9.17, 15) is 0 Å². The Bertz CT molecular complexity index is 2070. The van der Waals surface area contributed by atoms with Gasteiger partial charge < -0.3 is 14.4 Å². The van der Waals surface area contributed by atoms with Crippen molar-refractivity contribution in [1.29, 1.82) is 0 Å². The van der Waals surface area contributed by atoms with Gasteiger partial charge in [-0.2, -0.15) is 0 Å². The molecular weight excluding hydrogens is 769 g/mol. The Kier molecular flexibility index (Phi) is 10.4. The predicted molar refractivity (Wildman–Crippen MR) is 196 cm³/mol. The Labute approximate surface area is 293 Å². The van der Waals surface area contributed by atoms with Crippen molar-refractivity contribution in [2.45, 2.75) is 46.8 Å². The molecule has 5 heteroatoms. The van der Waals surface area contributed by atoms with Gasteiger partial charge in [0.15, 0.2) is 0 Å². The Morgan fingerprint density at radius 2 is 1.51 bits per heavy atom. The van der Waals surface area contributed by atoms with Gasteiger partial charge in [0.1, 0.15) is 5.58 Å². The molecule has 7 aromatic rings. The molecule has 0 spiro atoms. The van der Waals surface area contributed by atoms with Gasteiger partial charge in [-0.15, -0.1) is 48.0 Å². The second kappa shape index (κ2) is 14.3. The van der Waals surface area contributed by atoms with Gasteiger partial charge in [-0.05, 0) is 45.9 Å². The molecule has 1 radical (unpaired) electrons. The van der Waals surface area contributed by atoms with Crippen molar-refractivity contribution in [2.75, 3.05) is 0 Å². The molecule has 0 atom stereocenters. The number of pyridine rings is 2. The quantitative estimate of drug-likeness (QED) is 0.128. The summed E-state index contributed by atoms with van der Waals surface area (Å²) in [5, 5.41) is 3.63. The van der Waals surface area contributed by atoms with Gasteiger partial charge in [-0.3, -0.25) is 0 Å². The maximum Gasteiger partial charge on any atom is 0.120 e. The molecule has 0 saturated carbocycles. The van der Waals surface area contributed by atoms with Crippen molar-refractivity contribution in [1.82, 2.24) is 9.97 Å². The van der Waals surface area contributed by atoms with Crippen LogP contribution in [0, 0.1) is 17.5 Å². The third kappa shape index (κ3) is 8.05. The first-order valence-electron chi connectivity index (χ1n) is 15.9. The zero-order valence-electron chi connectivity index (χ0n) is 27.9. The van der Waals surface area contributed by atoms with E-state index in [1.165, 1.54) is 10.8 Å². The van der Waals surface area contributed by atoms with Crippen molar-refractivity contribution in [3.63, 3.8) is 0 Å². The van der Waals surface area contributed by atoms with Crippen LogP contribution in [0.25, 0.3) is 55.6 Å². The molecular formula is C42H40IrN2OSi-2. The van der Waals surface area contributed by atoms with Crippen LogP contribution in [-0.2, 0) is 26.5 Å². The first kappa shape index (κ1) is 34.2. The summed E-state index contributed by atoms with van der Waals surface area (Å²) < 4.78 is 6.37. The second-order valence-corrected chi connectivity index (χ2v) is 19.1. The molecule has 47 heavy (non-hydrogen) atoms. The third-order valence-electron chi connectivity index (χ3n) is 7.97. The number of para-hydroxylation sites is 1. The minimum Gasteiger partial charge on any atom is -0.501 e. The summed E-state index contributed by atoms with van der Waals surface area (Å²) in [4.78, 5) is 9.19. The van der Waals surface area contributed by atoms with Gasteiger partial charge in [-0.25, -0.2) is 0 Å². The molecule has 239 valence electrons. The number of benzene rings is 4. The van der Waals surface area contributed by atoms with Crippen LogP contribution < -0.4 is 5.19 Å². The molecule has 0 unspecified atom stereocenters. The zero-order chi connectivity index (χ0) is 32.3. The first-order chi connectivity index (χ1) is 22.1. The second-order valence-electron chi connectivity index (χ2n) is 14.0.